The lowest BCUT2D eigenvalue weighted by Gasteiger charge is -2.24. The Bertz CT molecular complexity index is 1800. The van der Waals surface area contributed by atoms with Crippen molar-refractivity contribution in [1.82, 2.24) is 30.6 Å². The molecule has 4 heterocycles. The molecule has 4 aromatic heterocycles. The average Bonchev–Trinajstić information content (AvgIpc) is 3.84. The third-order valence-corrected chi connectivity index (χ3v) is 9.36. The van der Waals surface area contributed by atoms with Crippen LogP contribution in [0.15, 0.2) is 34.3 Å². The topological polar surface area (TPSA) is 164 Å². The molecule has 16 heteroatoms. The van der Waals surface area contributed by atoms with Crippen LogP contribution in [0, 0.1) is 5.92 Å². The highest BCUT2D eigenvalue weighted by Gasteiger charge is 2.27. The van der Waals surface area contributed by atoms with Gasteiger partial charge in [-0.2, -0.15) is 0 Å². The maximum atomic E-state index is 13.4. The van der Waals surface area contributed by atoms with Crippen molar-refractivity contribution in [2.75, 3.05) is 20.8 Å². The van der Waals surface area contributed by atoms with E-state index in [9.17, 15) is 14.4 Å². The first-order valence-corrected chi connectivity index (χ1v) is 18.0. The van der Waals surface area contributed by atoms with Crippen molar-refractivity contribution in [2.45, 2.75) is 66.4 Å². The molecule has 0 fully saturated rings. The van der Waals surface area contributed by atoms with Gasteiger partial charge in [0.2, 0.25) is 6.29 Å². The Balaban J connectivity index is 1.60. The molecule has 0 bridgehead atoms. The van der Waals surface area contributed by atoms with Crippen LogP contribution in [-0.2, 0) is 18.9 Å². The normalized spacial score (nSPS) is 12.7. The van der Waals surface area contributed by atoms with E-state index in [0.717, 1.165) is 0 Å². The standard InChI is InChI=1S/C33H40N6O7S3/c1-10-19(35-26(40)22-15-49-29(37-22)24(17(3)4)39-32(42)46-33(5,6)7)28-36-21(14-48-28)25-18(12-13-20(34-25)31(43-8)44-9)27-38-23(16-47-27)30(41)45-11-2/h10,12-17,24,31H,11H2,1-9H3,(H,35,40)(H,39,42)/b19-10-/t24-/m1/s1. The van der Waals surface area contributed by atoms with Crippen LogP contribution in [0.4, 0.5) is 4.79 Å². The molecular formula is C33H40N6O7S3. The first kappa shape index (κ1) is 37.7. The van der Waals surface area contributed by atoms with E-state index >= 15 is 0 Å². The zero-order chi connectivity index (χ0) is 35.9. The second-order valence-electron chi connectivity index (χ2n) is 11.8. The number of carbonyl (C=O) groups is 3. The zero-order valence-electron chi connectivity index (χ0n) is 28.8. The number of hydrogen-bond donors (Lipinski definition) is 2. The van der Waals surface area contributed by atoms with Gasteiger partial charge in [0.05, 0.1) is 24.0 Å². The van der Waals surface area contributed by atoms with Gasteiger partial charge in [0, 0.05) is 35.9 Å². The molecule has 0 aliphatic rings. The quantitative estimate of drug-likeness (QED) is 0.105. The fourth-order valence-corrected chi connectivity index (χ4v) is 7.10. The number of amides is 2. The van der Waals surface area contributed by atoms with Gasteiger partial charge in [-0.05, 0) is 52.7 Å². The number of ether oxygens (including phenoxy) is 4. The number of rotatable bonds is 13. The molecule has 0 spiro atoms. The number of aromatic nitrogens is 4. The molecule has 4 aromatic rings. The van der Waals surface area contributed by atoms with Gasteiger partial charge in [-0.3, -0.25) is 4.79 Å². The number of nitrogens with zero attached hydrogens (tertiary/aromatic N) is 4. The molecule has 1 atom stereocenters. The number of nitrogens with one attached hydrogen (secondary N) is 2. The fraction of sp³-hybridized carbons (Fsp3) is 0.424. The molecule has 262 valence electrons. The summed E-state index contributed by atoms with van der Waals surface area (Å²) < 4.78 is 21.4. The van der Waals surface area contributed by atoms with E-state index in [0.29, 0.717) is 43.4 Å². The van der Waals surface area contributed by atoms with E-state index in [-0.39, 0.29) is 23.9 Å². The van der Waals surface area contributed by atoms with Crippen molar-refractivity contribution < 1.29 is 33.3 Å². The van der Waals surface area contributed by atoms with E-state index in [1.165, 1.54) is 48.2 Å². The molecule has 0 aromatic carbocycles. The number of pyridine rings is 1. The Labute approximate surface area is 297 Å². The van der Waals surface area contributed by atoms with Gasteiger partial charge >= 0.3 is 12.1 Å². The number of hydrogen-bond acceptors (Lipinski definition) is 14. The molecule has 0 unspecified atom stereocenters. The van der Waals surface area contributed by atoms with Crippen LogP contribution in [0.1, 0.15) is 97.5 Å². The Hall–Kier alpha value is -4.09. The van der Waals surface area contributed by atoms with Crippen molar-refractivity contribution in [1.29, 1.82) is 0 Å². The molecule has 0 saturated heterocycles. The predicted octanol–water partition coefficient (Wildman–Crippen LogP) is 7.27. The molecule has 2 N–H and O–H groups in total. The van der Waals surface area contributed by atoms with Crippen LogP contribution in [0.5, 0.6) is 0 Å². The number of methoxy groups -OCH3 is 2. The largest absolute Gasteiger partial charge is 0.461 e. The van der Waals surface area contributed by atoms with Gasteiger partial charge in [0.1, 0.15) is 37.7 Å². The summed E-state index contributed by atoms with van der Waals surface area (Å²) in [5, 5.41) is 12.6. The van der Waals surface area contributed by atoms with E-state index in [4.69, 9.17) is 28.9 Å². The van der Waals surface area contributed by atoms with Crippen molar-refractivity contribution >= 4 is 57.7 Å². The minimum Gasteiger partial charge on any atom is -0.461 e. The first-order valence-electron chi connectivity index (χ1n) is 15.4. The van der Waals surface area contributed by atoms with Crippen molar-refractivity contribution in [3.8, 4) is 22.0 Å². The maximum absolute atomic E-state index is 13.4. The Kier molecular flexibility index (Phi) is 12.7. The summed E-state index contributed by atoms with van der Waals surface area (Å²) in [6.07, 6.45) is 0.471. The van der Waals surface area contributed by atoms with E-state index in [2.05, 4.69) is 20.6 Å². The van der Waals surface area contributed by atoms with Crippen LogP contribution >= 0.6 is 34.0 Å². The summed E-state index contributed by atoms with van der Waals surface area (Å²) in [7, 11) is 3.03. The van der Waals surface area contributed by atoms with Gasteiger partial charge in [-0.15, -0.1) is 34.0 Å². The predicted molar refractivity (Wildman–Crippen MR) is 189 cm³/mol. The maximum Gasteiger partial charge on any atom is 0.408 e. The van der Waals surface area contributed by atoms with Crippen LogP contribution in [0.25, 0.3) is 27.7 Å². The molecule has 0 saturated carbocycles. The average molecular weight is 729 g/mol. The first-order chi connectivity index (χ1) is 23.3. The van der Waals surface area contributed by atoms with Crippen LogP contribution in [0.3, 0.4) is 0 Å². The van der Waals surface area contributed by atoms with E-state index < -0.39 is 35.9 Å². The molecule has 2 amide bonds. The van der Waals surface area contributed by atoms with Crippen molar-refractivity contribution in [2.24, 2.45) is 5.92 Å². The highest BCUT2D eigenvalue weighted by atomic mass is 32.1. The smallest absolute Gasteiger partial charge is 0.408 e. The molecule has 0 aliphatic heterocycles. The Morgan fingerprint density at radius 2 is 1.65 bits per heavy atom. The second-order valence-corrected chi connectivity index (χ2v) is 14.4. The summed E-state index contributed by atoms with van der Waals surface area (Å²) in [5.41, 5.74) is 2.41. The van der Waals surface area contributed by atoms with Crippen LogP contribution in [0.2, 0.25) is 0 Å². The Morgan fingerprint density at radius 3 is 2.29 bits per heavy atom. The van der Waals surface area contributed by atoms with Gasteiger partial charge < -0.3 is 29.6 Å². The molecule has 4 rings (SSSR count). The lowest BCUT2D eigenvalue weighted by Crippen LogP contribution is -2.36. The van der Waals surface area contributed by atoms with Gasteiger partial charge in [0.15, 0.2) is 5.69 Å². The lowest BCUT2D eigenvalue weighted by molar-refractivity contribution is -0.108. The SMILES string of the molecule is C/C=C(\NC(=O)c1csc([C@H](NC(=O)OC(C)(C)C)C(C)C)n1)c1nc(-c2nc(C(OC)OC)ccc2-c2nc(C(=O)OCC)cs2)cs1. The van der Waals surface area contributed by atoms with E-state index in [1.807, 2.05) is 25.3 Å². The monoisotopic (exact) mass is 728 g/mol. The molecule has 13 nitrogen and oxygen atoms in total. The fourth-order valence-electron chi connectivity index (χ4n) is 4.43. The van der Waals surface area contributed by atoms with E-state index in [1.54, 1.807) is 57.5 Å². The highest BCUT2D eigenvalue weighted by Crippen LogP contribution is 2.36. The Morgan fingerprint density at radius 1 is 0.939 bits per heavy atom. The van der Waals surface area contributed by atoms with Gasteiger partial charge in [-0.25, -0.2) is 29.5 Å². The second kappa shape index (κ2) is 16.5. The number of alkyl carbamates (subject to hydrolysis) is 1. The minimum atomic E-state index is -0.722. The summed E-state index contributed by atoms with van der Waals surface area (Å²) in [5.74, 6) is -0.938. The van der Waals surface area contributed by atoms with Crippen LogP contribution < -0.4 is 10.6 Å². The molecule has 0 aliphatic carbocycles. The molecular weight excluding hydrogens is 689 g/mol. The number of esters is 1. The van der Waals surface area contributed by atoms with Gasteiger partial charge in [0.25, 0.3) is 5.91 Å². The lowest BCUT2D eigenvalue weighted by atomic mass is 10.1. The third kappa shape index (κ3) is 9.54. The summed E-state index contributed by atoms with van der Waals surface area (Å²) in [6, 6.07) is 3.15. The molecule has 49 heavy (non-hydrogen) atoms. The van der Waals surface area contributed by atoms with Gasteiger partial charge in [-0.1, -0.05) is 19.9 Å². The minimum absolute atomic E-state index is 0.00407. The highest BCUT2D eigenvalue weighted by molar-refractivity contribution is 7.13. The third-order valence-electron chi connectivity index (χ3n) is 6.68. The summed E-state index contributed by atoms with van der Waals surface area (Å²) in [6.45, 7) is 13.1. The zero-order valence-corrected chi connectivity index (χ0v) is 31.2. The van der Waals surface area contributed by atoms with Crippen molar-refractivity contribution in [3.05, 3.63) is 61.4 Å². The number of carbonyl (C=O) groups excluding carboxylic acids is 3. The molecule has 0 radical (unpaired) electrons. The van der Waals surface area contributed by atoms with Crippen LogP contribution in [-0.4, -0.2) is 64.3 Å². The number of thiazole rings is 3. The van der Waals surface area contributed by atoms with Crippen molar-refractivity contribution in [3.63, 3.8) is 0 Å². The summed E-state index contributed by atoms with van der Waals surface area (Å²) >= 11 is 3.88. The summed E-state index contributed by atoms with van der Waals surface area (Å²) in [4.78, 5) is 56.9. The number of allylic oxidation sites excluding steroid dienone is 1.